The van der Waals surface area contributed by atoms with Crippen molar-refractivity contribution in [3.63, 3.8) is 0 Å². The quantitative estimate of drug-likeness (QED) is 0.361. The molecule has 0 saturated carbocycles. The highest BCUT2D eigenvalue weighted by molar-refractivity contribution is 7.89. The second kappa shape index (κ2) is 8.09. The van der Waals surface area contributed by atoms with E-state index >= 15 is 0 Å². The van der Waals surface area contributed by atoms with Crippen LogP contribution in [0.3, 0.4) is 0 Å². The molecule has 0 aliphatic heterocycles. The molecule has 0 unspecified atom stereocenters. The Balaban J connectivity index is 1.70. The molecule has 0 bridgehead atoms. The van der Waals surface area contributed by atoms with E-state index < -0.39 is 20.9 Å². The first-order valence-corrected chi connectivity index (χ1v) is 9.74. The molecule has 0 fully saturated rings. The molecule has 10 heteroatoms. The van der Waals surface area contributed by atoms with Gasteiger partial charge in [-0.25, -0.2) is 13.6 Å². The first-order valence-electron chi connectivity index (χ1n) is 8.19. The monoisotopic (exact) mass is 413 g/mol. The maximum absolute atomic E-state index is 12.0. The van der Waals surface area contributed by atoms with Crippen LogP contribution in [0.2, 0.25) is 0 Å². The summed E-state index contributed by atoms with van der Waals surface area (Å²) in [6, 6.07) is 14.7. The number of primary sulfonamides is 1. The standard InChI is InChI=1S/C19H15N3O6S/c20-29(26,27)15-9-5-13(6-10-15)21-19(23)12-8-14-7-11-18(28-14)16-3-1-2-4-17(16)22(24)25/h1-12H,(H,21,23)(H2,20,26,27). The average Bonchev–Trinajstić information content (AvgIpc) is 3.15. The normalized spacial score (nSPS) is 11.5. The van der Waals surface area contributed by atoms with E-state index in [1.165, 1.54) is 42.5 Å². The van der Waals surface area contributed by atoms with Crippen molar-refractivity contribution >= 4 is 33.4 Å². The minimum absolute atomic E-state index is 0.0656. The molecule has 2 aromatic carbocycles. The summed E-state index contributed by atoms with van der Waals surface area (Å²) >= 11 is 0. The van der Waals surface area contributed by atoms with Gasteiger partial charge in [-0.15, -0.1) is 0 Å². The number of nitro benzene ring substituents is 1. The van der Waals surface area contributed by atoms with Crippen LogP contribution in [0.5, 0.6) is 0 Å². The number of nitro groups is 1. The zero-order chi connectivity index (χ0) is 21.0. The minimum atomic E-state index is -3.80. The Hall–Kier alpha value is -3.76. The van der Waals surface area contributed by atoms with E-state index in [2.05, 4.69) is 5.32 Å². The molecule has 0 atom stereocenters. The summed E-state index contributed by atoms with van der Waals surface area (Å²) in [6.45, 7) is 0. The first kappa shape index (κ1) is 20.0. The van der Waals surface area contributed by atoms with E-state index in [9.17, 15) is 23.3 Å². The number of anilines is 1. The number of nitrogens with two attached hydrogens (primary N) is 1. The number of hydrogen-bond donors (Lipinski definition) is 2. The minimum Gasteiger partial charge on any atom is -0.456 e. The molecule has 0 spiro atoms. The van der Waals surface area contributed by atoms with Crippen molar-refractivity contribution in [2.45, 2.75) is 4.90 Å². The van der Waals surface area contributed by atoms with E-state index in [0.717, 1.165) is 0 Å². The number of sulfonamides is 1. The molecule has 1 aromatic heterocycles. The highest BCUT2D eigenvalue weighted by Gasteiger charge is 2.16. The van der Waals surface area contributed by atoms with E-state index in [0.29, 0.717) is 22.8 Å². The Morgan fingerprint density at radius 2 is 1.76 bits per heavy atom. The van der Waals surface area contributed by atoms with Crippen LogP contribution in [0.15, 0.2) is 76.1 Å². The molecule has 148 valence electrons. The fourth-order valence-electron chi connectivity index (χ4n) is 2.50. The van der Waals surface area contributed by atoms with Crippen molar-refractivity contribution in [2.24, 2.45) is 5.14 Å². The van der Waals surface area contributed by atoms with Crippen LogP contribution >= 0.6 is 0 Å². The molecule has 0 aliphatic rings. The Morgan fingerprint density at radius 1 is 1.07 bits per heavy atom. The number of carbonyl (C=O) groups is 1. The average molecular weight is 413 g/mol. The van der Waals surface area contributed by atoms with E-state index in [4.69, 9.17) is 9.56 Å². The van der Waals surface area contributed by atoms with Gasteiger partial charge in [0.05, 0.1) is 15.4 Å². The summed E-state index contributed by atoms with van der Waals surface area (Å²) in [5, 5.41) is 18.7. The van der Waals surface area contributed by atoms with Gasteiger partial charge in [0.15, 0.2) is 0 Å². The van der Waals surface area contributed by atoms with Gasteiger partial charge in [-0.2, -0.15) is 0 Å². The Labute approximate surface area is 165 Å². The maximum Gasteiger partial charge on any atom is 0.280 e. The van der Waals surface area contributed by atoms with Gasteiger partial charge >= 0.3 is 0 Å². The van der Waals surface area contributed by atoms with Crippen LogP contribution in [0.4, 0.5) is 11.4 Å². The third-order valence-corrected chi connectivity index (χ3v) is 4.77. The Bertz CT molecular complexity index is 1200. The van der Waals surface area contributed by atoms with Crippen LogP contribution in [0.25, 0.3) is 17.4 Å². The second-order valence-electron chi connectivity index (χ2n) is 5.87. The maximum atomic E-state index is 12.0. The summed E-state index contributed by atoms with van der Waals surface area (Å²) in [6.07, 6.45) is 2.63. The van der Waals surface area contributed by atoms with Gasteiger partial charge in [-0.05, 0) is 48.5 Å². The summed E-state index contributed by atoms with van der Waals surface area (Å²) < 4.78 is 28.0. The largest absolute Gasteiger partial charge is 0.456 e. The highest BCUT2D eigenvalue weighted by atomic mass is 32.2. The number of nitrogens with one attached hydrogen (secondary N) is 1. The second-order valence-corrected chi connectivity index (χ2v) is 7.43. The van der Waals surface area contributed by atoms with Crippen molar-refractivity contribution in [2.75, 3.05) is 5.32 Å². The number of rotatable bonds is 6. The lowest BCUT2D eigenvalue weighted by atomic mass is 10.1. The highest BCUT2D eigenvalue weighted by Crippen LogP contribution is 2.31. The van der Waals surface area contributed by atoms with Gasteiger partial charge in [0.2, 0.25) is 15.9 Å². The molecule has 0 radical (unpaired) electrons. The lowest BCUT2D eigenvalue weighted by Crippen LogP contribution is -2.12. The van der Waals surface area contributed by atoms with Gasteiger partial charge in [-0.3, -0.25) is 14.9 Å². The lowest BCUT2D eigenvalue weighted by molar-refractivity contribution is -0.384. The first-order chi connectivity index (χ1) is 13.7. The molecule has 1 heterocycles. The van der Waals surface area contributed by atoms with Crippen LogP contribution < -0.4 is 10.5 Å². The van der Waals surface area contributed by atoms with E-state index in [1.54, 1.807) is 30.3 Å². The summed E-state index contributed by atoms with van der Waals surface area (Å²) in [5.41, 5.74) is 0.627. The fraction of sp³-hybridized carbons (Fsp3) is 0. The number of carbonyl (C=O) groups excluding carboxylic acids is 1. The van der Waals surface area contributed by atoms with Gasteiger partial charge in [0.25, 0.3) is 5.69 Å². The predicted octanol–water partition coefficient (Wildman–Crippen LogP) is 3.15. The van der Waals surface area contributed by atoms with Crippen molar-refractivity contribution in [3.8, 4) is 11.3 Å². The number of nitrogens with zero attached hydrogens (tertiary/aromatic N) is 1. The van der Waals surface area contributed by atoms with Gasteiger partial charge < -0.3 is 9.73 Å². The Morgan fingerprint density at radius 3 is 2.41 bits per heavy atom. The third-order valence-electron chi connectivity index (χ3n) is 3.84. The van der Waals surface area contributed by atoms with Gasteiger partial charge in [-0.1, -0.05) is 12.1 Å². The zero-order valence-electron chi connectivity index (χ0n) is 14.8. The molecule has 29 heavy (non-hydrogen) atoms. The number of para-hydroxylation sites is 1. The number of furan rings is 1. The topological polar surface area (TPSA) is 146 Å². The van der Waals surface area contributed by atoms with Crippen molar-refractivity contribution in [3.05, 3.63) is 82.6 Å². The molecule has 3 rings (SSSR count). The summed E-state index contributed by atoms with van der Waals surface area (Å²) in [5.74, 6) is 0.158. The Kier molecular flexibility index (Phi) is 5.57. The molecular weight excluding hydrogens is 398 g/mol. The van der Waals surface area contributed by atoms with E-state index in [-0.39, 0.29) is 10.6 Å². The fourth-order valence-corrected chi connectivity index (χ4v) is 3.01. The number of hydrogen-bond acceptors (Lipinski definition) is 6. The lowest BCUT2D eigenvalue weighted by Gasteiger charge is -2.03. The van der Waals surface area contributed by atoms with Crippen molar-refractivity contribution in [1.29, 1.82) is 0 Å². The van der Waals surface area contributed by atoms with Crippen LogP contribution in [-0.4, -0.2) is 19.2 Å². The van der Waals surface area contributed by atoms with Crippen molar-refractivity contribution in [1.82, 2.24) is 0 Å². The molecule has 0 aliphatic carbocycles. The zero-order valence-corrected chi connectivity index (χ0v) is 15.6. The molecular formula is C19H15N3O6S. The van der Waals surface area contributed by atoms with E-state index in [1.807, 2.05) is 0 Å². The third kappa shape index (κ3) is 4.94. The molecule has 3 N–H and O–H groups in total. The van der Waals surface area contributed by atoms with Crippen LogP contribution in [0, 0.1) is 10.1 Å². The van der Waals surface area contributed by atoms with Crippen LogP contribution in [-0.2, 0) is 14.8 Å². The summed E-state index contributed by atoms with van der Waals surface area (Å²) in [7, 11) is -3.80. The molecule has 9 nitrogen and oxygen atoms in total. The molecule has 0 saturated heterocycles. The van der Waals surface area contributed by atoms with Gasteiger partial charge in [0.1, 0.15) is 11.5 Å². The number of amides is 1. The molecule has 1 amide bonds. The molecule has 3 aromatic rings. The van der Waals surface area contributed by atoms with Crippen LogP contribution in [0.1, 0.15) is 5.76 Å². The van der Waals surface area contributed by atoms with Gasteiger partial charge in [0, 0.05) is 17.8 Å². The number of benzene rings is 2. The van der Waals surface area contributed by atoms with Crippen molar-refractivity contribution < 1.29 is 22.6 Å². The smallest absolute Gasteiger partial charge is 0.280 e. The summed E-state index contributed by atoms with van der Waals surface area (Å²) in [4.78, 5) is 22.6. The predicted molar refractivity (Wildman–Crippen MR) is 106 cm³/mol. The SMILES string of the molecule is NS(=O)(=O)c1ccc(NC(=O)C=Cc2ccc(-c3ccccc3[N+](=O)[O-])o2)cc1.